The average molecular weight is 387 g/mol. The standard InChI is InChI=1S/C27H46O/c1-18(2)7-6-8-19(3)23-11-12-24-22-10-9-20-17-21(28)13-15-26(20,4)25(22)14-16-27(23,24)5/h7,19-25,28H,6,8-17H2,1-5H3/t19?,20?,21-,22?,23+,24?,25?,26-,27+/m0/s1. The molecule has 160 valence electrons. The molecule has 4 rings (SSSR count). The maximum absolute atomic E-state index is 10.2. The Morgan fingerprint density at radius 1 is 0.964 bits per heavy atom. The van der Waals surface area contributed by atoms with E-state index in [2.05, 4.69) is 40.7 Å². The number of hydrogen-bond donors (Lipinski definition) is 1. The molecule has 4 fully saturated rings. The highest BCUT2D eigenvalue weighted by Gasteiger charge is 2.60. The van der Waals surface area contributed by atoms with Gasteiger partial charge >= 0.3 is 0 Å². The summed E-state index contributed by atoms with van der Waals surface area (Å²) in [5.41, 5.74) is 2.60. The normalized spacial score (nSPS) is 48.9. The Morgan fingerprint density at radius 3 is 2.43 bits per heavy atom. The molecule has 4 aliphatic carbocycles. The van der Waals surface area contributed by atoms with E-state index in [0.717, 1.165) is 48.3 Å². The minimum Gasteiger partial charge on any atom is -0.393 e. The van der Waals surface area contributed by atoms with Gasteiger partial charge in [-0.25, -0.2) is 0 Å². The van der Waals surface area contributed by atoms with Crippen molar-refractivity contribution in [1.29, 1.82) is 0 Å². The van der Waals surface area contributed by atoms with Gasteiger partial charge in [0, 0.05) is 0 Å². The molecule has 0 radical (unpaired) electrons. The summed E-state index contributed by atoms with van der Waals surface area (Å²) in [6.07, 6.45) is 17.3. The fourth-order valence-corrected chi connectivity index (χ4v) is 9.05. The molecular weight excluding hydrogens is 340 g/mol. The van der Waals surface area contributed by atoms with Gasteiger partial charge in [-0.15, -0.1) is 0 Å². The maximum Gasteiger partial charge on any atom is 0.0543 e. The molecule has 5 unspecified atom stereocenters. The number of aliphatic hydroxyl groups excluding tert-OH is 1. The van der Waals surface area contributed by atoms with E-state index in [1.807, 2.05) is 0 Å². The SMILES string of the molecule is CC(C)=CCCC(C)[C@H]1CCC2C3CCC4C[C@@H](O)CC[C@]4(C)C3CC[C@@]21C. The van der Waals surface area contributed by atoms with E-state index < -0.39 is 0 Å². The van der Waals surface area contributed by atoms with Crippen molar-refractivity contribution < 1.29 is 5.11 Å². The third kappa shape index (κ3) is 3.42. The van der Waals surface area contributed by atoms with E-state index in [-0.39, 0.29) is 6.10 Å². The third-order valence-corrected chi connectivity index (χ3v) is 10.6. The largest absolute Gasteiger partial charge is 0.393 e. The van der Waals surface area contributed by atoms with Crippen LogP contribution in [0.25, 0.3) is 0 Å². The summed E-state index contributed by atoms with van der Waals surface area (Å²) < 4.78 is 0. The van der Waals surface area contributed by atoms with Crippen LogP contribution in [0.15, 0.2) is 11.6 Å². The van der Waals surface area contributed by atoms with Crippen LogP contribution in [0, 0.1) is 46.3 Å². The first-order chi connectivity index (χ1) is 13.3. The van der Waals surface area contributed by atoms with E-state index >= 15 is 0 Å². The van der Waals surface area contributed by atoms with Gasteiger partial charge in [-0.05, 0) is 131 Å². The van der Waals surface area contributed by atoms with Crippen LogP contribution in [-0.4, -0.2) is 11.2 Å². The molecule has 4 aliphatic rings. The van der Waals surface area contributed by atoms with Crippen LogP contribution in [0.5, 0.6) is 0 Å². The highest BCUT2D eigenvalue weighted by atomic mass is 16.3. The third-order valence-electron chi connectivity index (χ3n) is 10.6. The monoisotopic (exact) mass is 386 g/mol. The molecule has 1 nitrogen and oxygen atoms in total. The lowest BCUT2D eigenvalue weighted by Gasteiger charge is -2.61. The molecular formula is C27H46O. The molecule has 0 bridgehead atoms. The van der Waals surface area contributed by atoms with Gasteiger partial charge in [0.1, 0.15) is 0 Å². The van der Waals surface area contributed by atoms with Gasteiger partial charge in [0.2, 0.25) is 0 Å². The zero-order valence-electron chi connectivity index (χ0n) is 19.3. The van der Waals surface area contributed by atoms with Gasteiger partial charge in [-0.2, -0.15) is 0 Å². The molecule has 0 aromatic carbocycles. The molecule has 9 atom stereocenters. The first kappa shape index (κ1) is 21.0. The van der Waals surface area contributed by atoms with Crippen LogP contribution in [0.2, 0.25) is 0 Å². The van der Waals surface area contributed by atoms with Gasteiger partial charge in [0.05, 0.1) is 6.10 Å². The number of aliphatic hydroxyl groups is 1. The second-order valence-electron chi connectivity index (χ2n) is 12.1. The number of allylic oxidation sites excluding steroid dienone is 2. The topological polar surface area (TPSA) is 20.2 Å². The quantitative estimate of drug-likeness (QED) is 0.499. The summed E-state index contributed by atoms with van der Waals surface area (Å²) >= 11 is 0. The fourth-order valence-electron chi connectivity index (χ4n) is 9.05. The number of rotatable bonds is 4. The fraction of sp³-hybridized carbons (Fsp3) is 0.926. The molecule has 0 heterocycles. The highest BCUT2D eigenvalue weighted by molar-refractivity contribution is 5.09. The van der Waals surface area contributed by atoms with E-state index in [9.17, 15) is 5.11 Å². The molecule has 0 aliphatic heterocycles. The van der Waals surface area contributed by atoms with Gasteiger partial charge < -0.3 is 5.11 Å². The summed E-state index contributed by atoms with van der Waals surface area (Å²) in [6, 6.07) is 0. The number of hydrogen-bond acceptors (Lipinski definition) is 1. The predicted molar refractivity (Wildman–Crippen MR) is 119 cm³/mol. The van der Waals surface area contributed by atoms with Crippen LogP contribution in [0.3, 0.4) is 0 Å². The Labute approximate surface area is 174 Å². The maximum atomic E-state index is 10.2. The van der Waals surface area contributed by atoms with Crippen molar-refractivity contribution in [2.75, 3.05) is 0 Å². The minimum atomic E-state index is -0.0130. The molecule has 1 N–H and O–H groups in total. The summed E-state index contributed by atoms with van der Waals surface area (Å²) in [6.45, 7) is 12.4. The summed E-state index contributed by atoms with van der Waals surface area (Å²) in [5.74, 6) is 5.51. The summed E-state index contributed by atoms with van der Waals surface area (Å²) in [7, 11) is 0. The van der Waals surface area contributed by atoms with Gasteiger partial charge in [0.25, 0.3) is 0 Å². The van der Waals surface area contributed by atoms with Crippen molar-refractivity contribution in [3.8, 4) is 0 Å². The zero-order valence-corrected chi connectivity index (χ0v) is 19.3. The Morgan fingerprint density at radius 2 is 1.68 bits per heavy atom. The lowest BCUT2D eigenvalue weighted by atomic mass is 9.44. The van der Waals surface area contributed by atoms with Crippen LogP contribution in [0.1, 0.15) is 105 Å². The van der Waals surface area contributed by atoms with Gasteiger partial charge in [0.15, 0.2) is 0 Å². The van der Waals surface area contributed by atoms with Gasteiger partial charge in [-0.1, -0.05) is 32.4 Å². The van der Waals surface area contributed by atoms with Crippen LogP contribution in [-0.2, 0) is 0 Å². The zero-order chi connectivity index (χ0) is 20.1. The smallest absolute Gasteiger partial charge is 0.0543 e. The van der Waals surface area contributed by atoms with Gasteiger partial charge in [-0.3, -0.25) is 0 Å². The Hall–Kier alpha value is -0.300. The van der Waals surface area contributed by atoms with E-state index in [1.165, 1.54) is 63.4 Å². The molecule has 1 heteroatoms. The van der Waals surface area contributed by atoms with Crippen molar-refractivity contribution in [2.24, 2.45) is 46.3 Å². The van der Waals surface area contributed by atoms with Crippen molar-refractivity contribution in [2.45, 2.75) is 111 Å². The van der Waals surface area contributed by atoms with Crippen molar-refractivity contribution in [1.82, 2.24) is 0 Å². The molecule has 0 aromatic heterocycles. The first-order valence-electron chi connectivity index (χ1n) is 12.6. The van der Waals surface area contributed by atoms with Crippen molar-refractivity contribution in [3.63, 3.8) is 0 Å². The molecule has 0 amide bonds. The second kappa shape index (κ2) is 7.75. The number of fused-ring (bicyclic) bond motifs is 5. The molecule has 0 spiro atoms. The van der Waals surface area contributed by atoms with E-state index in [4.69, 9.17) is 0 Å². The van der Waals surface area contributed by atoms with Crippen molar-refractivity contribution >= 4 is 0 Å². The summed E-state index contributed by atoms with van der Waals surface area (Å²) in [4.78, 5) is 0. The lowest BCUT2D eigenvalue weighted by molar-refractivity contribution is -0.129. The van der Waals surface area contributed by atoms with E-state index in [0.29, 0.717) is 10.8 Å². The van der Waals surface area contributed by atoms with Crippen LogP contribution in [0.4, 0.5) is 0 Å². The molecule has 0 aromatic rings. The Kier molecular flexibility index (Phi) is 5.80. The highest BCUT2D eigenvalue weighted by Crippen LogP contribution is 2.68. The molecule has 4 saturated carbocycles. The lowest BCUT2D eigenvalue weighted by Crippen LogP contribution is -2.54. The van der Waals surface area contributed by atoms with E-state index in [1.54, 1.807) is 0 Å². The first-order valence-corrected chi connectivity index (χ1v) is 12.6. The Bertz CT molecular complexity index is 589. The Balaban J connectivity index is 1.48. The van der Waals surface area contributed by atoms with Crippen molar-refractivity contribution in [3.05, 3.63) is 11.6 Å². The molecule has 28 heavy (non-hydrogen) atoms. The summed E-state index contributed by atoms with van der Waals surface area (Å²) in [5, 5.41) is 10.2. The van der Waals surface area contributed by atoms with Crippen LogP contribution >= 0.6 is 0 Å². The minimum absolute atomic E-state index is 0.0130. The average Bonchev–Trinajstić information content (AvgIpc) is 2.99. The predicted octanol–water partition coefficient (Wildman–Crippen LogP) is 7.39. The second-order valence-corrected chi connectivity index (χ2v) is 12.1. The van der Waals surface area contributed by atoms with Crippen LogP contribution < -0.4 is 0 Å². The molecule has 0 saturated heterocycles.